The molecule has 1 heterocycles. The molecule has 0 aliphatic rings. The van der Waals surface area contributed by atoms with Gasteiger partial charge in [-0.3, -0.25) is 0 Å². The topological polar surface area (TPSA) is 45.9 Å². The number of nitrogens with zero attached hydrogens (tertiary/aromatic N) is 2. The average Bonchev–Trinajstić information content (AvgIpc) is 2.27. The molecule has 0 saturated carbocycles. The SMILES string of the molecule is CCC(C)(C)OCc1ccnc(C#N)c1. The van der Waals surface area contributed by atoms with Gasteiger partial charge in [-0.05, 0) is 38.0 Å². The normalized spacial score (nSPS) is 11.1. The molecule has 3 heteroatoms. The molecule has 0 bridgehead atoms. The van der Waals surface area contributed by atoms with Crippen molar-refractivity contribution in [2.45, 2.75) is 39.4 Å². The zero-order valence-electron chi connectivity index (χ0n) is 9.45. The molecule has 0 aromatic carbocycles. The number of hydrogen-bond donors (Lipinski definition) is 0. The average molecular weight is 204 g/mol. The third-order valence-corrected chi connectivity index (χ3v) is 2.42. The van der Waals surface area contributed by atoms with Crippen LogP contribution in [-0.4, -0.2) is 10.6 Å². The van der Waals surface area contributed by atoms with Crippen molar-refractivity contribution in [2.24, 2.45) is 0 Å². The first kappa shape index (κ1) is 11.7. The molecule has 0 fully saturated rings. The molecule has 1 aromatic heterocycles. The van der Waals surface area contributed by atoms with E-state index in [1.807, 2.05) is 12.1 Å². The van der Waals surface area contributed by atoms with Gasteiger partial charge in [0, 0.05) is 6.20 Å². The Hall–Kier alpha value is -1.40. The lowest BCUT2D eigenvalue weighted by molar-refractivity contribution is -0.0316. The van der Waals surface area contributed by atoms with Crippen LogP contribution >= 0.6 is 0 Å². The van der Waals surface area contributed by atoms with E-state index in [1.54, 1.807) is 12.3 Å². The van der Waals surface area contributed by atoms with Crippen molar-refractivity contribution in [2.75, 3.05) is 0 Å². The van der Waals surface area contributed by atoms with Gasteiger partial charge in [0.1, 0.15) is 11.8 Å². The van der Waals surface area contributed by atoms with E-state index in [1.165, 1.54) is 0 Å². The molecule has 0 N–H and O–H groups in total. The minimum Gasteiger partial charge on any atom is -0.371 e. The molecular weight excluding hydrogens is 188 g/mol. The Labute approximate surface area is 90.7 Å². The molecule has 0 saturated heterocycles. The van der Waals surface area contributed by atoms with Crippen LogP contribution in [0.1, 0.15) is 38.4 Å². The van der Waals surface area contributed by atoms with Crippen LogP contribution < -0.4 is 0 Å². The summed E-state index contributed by atoms with van der Waals surface area (Å²) in [6, 6.07) is 5.64. The number of hydrogen-bond acceptors (Lipinski definition) is 3. The monoisotopic (exact) mass is 204 g/mol. The highest BCUT2D eigenvalue weighted by Gasteiger charge is 2.15. The zero-order valence-corrected chi connectivity index (χ0v) is 9.45. The molecule has 3 nitrogen and oxygen atoms in total. The quantitative estimate of drug-likeness (QED) is 0.757. The van der Waals surface area contributed by atoms with Gasteiger partial charge >= 0.3 is 0 Å². The minimum absolute atomic E-state index is 0.115. The molecule has 0 spiro atoms. The second-order valence-electron chi connectivity index (χ2n) is 4.06. The van der Waals surface area contributed by atoms with Crippen molar-refractivity contribution in [3.8, 4) is 6.07 Å². The van der Waals surface area contributed by atoms with E-state index in [4.69, 9.17) is 10.00 Å². The van der Waals surface area contributed by atoms with E-state index in [9.17, 15) is 0 Å². The maximum atomic E-state index is 8.68. The fraction of sp³-hybridized carbons (Fsp3) is 0.500. The number of nitriles is 1. The first-order valence-corrected chi connectivity index (χ1v) is 5.06. The molecule has 80 valence electrons. The molecular formula is C12H16N2O. The van der Waals surface area contributed by atoms with E-state index in [0.717, 1.165) is 12.0 Å². The lowest BCUT2D eigenvalue weighted by Gasteiger charge is -2.23. The lowest BCUT2D eigenvalue weighted by Crippen LogP contribution is -2.22. The molecule has 0 atom stereocenters. The molecule has 1 rings (SSSR count). The highest BCUT2D eigenvalue weighted by molar-refractivity contribution is 5.24. The number of ether oxygens (including phenoxy) is 1. The lowest BCUT2D eigenvalue weighted by atomic mass is 10.1. The van der Waals surface area contributed by atoms with Crippen molar-refractivity contribution in [3.05, 3.63) is 29.6 Å². The summed E-state index contributed by atoms with van der Waals surface area (Å²) >= 11 is 0. The third kappa shape index (κ3) is 3.69. The Kier molecular flexibility index (Phi) is 3.81. The van der Waals surface area contributed by atoms with Crippen molar-refractivity contribution >= 4 is 0 Å². The summed E-state index contributed by atoms with van der Waals surface area (Å²) in [5.74, 6) is 0. The van der Waals surface area contributed by atoms with E-state index in [2.05, 4.69) is 25.8 Å². The highest BCUT2D eigenvalue weighted by atomic mass is 16.5. The van der Waals surface area contributed by atoms with Gasteiger partial charge in [-0.2, -0.15) is 5.26 Å². The molecule has 15 heavy (non-hydrogen) atoms. The van der Waals surface area contributed by atoms with Gasteiger partial charge in [0.15, 0.2) is 0 Å². The van der Waals surface area contributed by atoms with E-state index < -0.39 is 0 Å². The molecule has 0 amide bonds. The Morgan fingerprint density at radius 3 is 2.87 bits per heavy atom. The molecule has 0 aliphatic heterocycles. The van der Waals surface area contributed by atoms with Gasteiger partial charge in [0.05, 0.1) is 12.2 Å². The largest absolute Gasteiger partial charge is 0.371 e. The van der Waals surface area contributed by atoms with Crippen molar-refractivity contribution in [1.82, 2.24) is 4.98 Å². The fourth-order valence-corrected chi connectivity index (χ4v) is 1.01. The van der Waals surface area contributed by atoms with Crippen molar-refractivity contribution < 1.29 is 4.74 Å². The van der Waals surface area contributed by atoms with Crippen LogP contribution in [-0.2, 0) is 11.3 Å². The van der Waals surface area contributed by atoms with Gasteiger partial charge in [-0.25, -0.2) is 4.98 Å². The van der Waals surface area contributed by atoms with Gasteiger partial charge < -0.3 is 4.74 Å². The van der Waals surface area contributed by atoms with Crippen LogP contribution in [0.15, 0.2) is 18.3 Å². The summed E-state index contributed by atoms with van der Waals surface area (Å²) in [5, 5.41) is 8.68. The standard InChI is InChI=1S/C12H16N2O/c1-4-12(2,3)15-9-10-5-6-14-11(7-10)8-13/h5-7H,4,9H2,1-3H3. The smallest absolute Gasteiger partial charge is 0.140 e. The molecule has 1 aromatic rings. The van der Waals surface area contributed by atoms with Crippen LogP contribution in [0.3, 0.4) is 0 Å². The van der Waals surface area contributed by atoms with E-state index in [0.29, 0.717) is 12.3 Å². The number of aromatic nitrogens is 1. The van der Waals surface area contributed by atoms with Gasteiger partial charge in [0.25, 0.3) is 0 Å². The zero-order chi connectivity index (χ0) is 11.3. The van der Waals surface area contributed by atoms with E-state index >= 15 is 0 Å². The third-order valence-electron chi connectivity index (χ3n) is 2.42. The summed E-state index contributed by atoms with van der Waals surface area (Å²) in [4.78, 5) is 3.91. The van der Waals surface area contributed by atoms with Gasteiger partial charge in [0.2, 0.25) is 0 Å². The Bertz CT molecular complexity index is 366. The predicted octanol–water partition coefficient (Wildman–Crippen LogP) is 2.66. The maximum absolute atomic E-state index is 8.68. The molecule has 0 unspecified atom stereocenters. The minimum atomic E-state index is -0.115. The molecule has 0 aliphatic carbocycles. The summed E-state index contributed by atoms with van der Waals surface area (Å²) in [5.41, 5.74) is 1.31. The second-order valence-corrected chi connectivity index (χ2v) is 4.06. The van der Waals surface area contributed by atoms with Crippen LogP contribution in [0, 0.1) is 11.3 Å². The Balaban J connectivity index is 2.62. The van der Waals surface area contributed by atoms with Crippen LogP contribution in [0.25, 0.3) is 0 Å². The van der Waals surface area contributed by atoms with Gasteiger partial charge in [-0.1, -0.05) is 6.92 Å². The number of pyridine rings is 1. The molecule has 0 radical (unpaired) electrons. The van der Waals surface area contributed by atoms with Crippen LogP contribution in [0.4, 0.5) is 0 Å². The summed E-state index contributed by atoms with van der Waals surface area (Å²) < 4.78 is 5.73. The fourth-order valence-electron chi connectivity index (χ4n) is 1.01. The summed E-state index contributed by atoms with van der Waals surface area (Å²) in [6.45, 7) is 6.73. The Morgan fingerprint density at radius 2 is 2.27 bits per heavy atom. The predicted molar refractivity (Wildman–Crippen MR) is 58.1 cm³/mol. The van der Waals surface area contributed by atoms with E-state index in [-0.39, 0.29) is 5.60 Å². The first-order chi connectivity index (χ1) is 7.07. The maximum Gasteiger partial charge on any atom is 0.140 e. The van der Waals surface area contributed by atoms with Gasteiger partial charge in [-0.15, -0.1) is 0 Å². The number of rotatable bonds is 4. The van der Waals surface area contributed by atoms with Crippen LogP contribution in [0.5, 0.6) is 0 Å². The van der Waals surface area contributed by atoms with Crippen LogP contribution in [0.2, 0.25) is 0 Å². The summed E-state index contributed by atoms with van der Waals surface area (Å²) in [7, 11) is 0. The first-order valence-electron chi connectivity index (χ1n) is 5.06. The van der Waals surface area contributed by atoms with Crippen molar-refractivity contribution in [3.63, 3.8) is 0 Å². The Morgan fingerprint density at radius 1 is 1.53 bits per heavy atom. The van der Waals surface area contributed by atoms with Crippen molar-refractivity contribution in [1.29, 1.82) is 5.26 Å². The summed E-state index contributed by atoms with van der Waals surface area (Å²) in [6.07, 6.45) is 2.60. The highest BCUT2D eigenvalue weighted by Crippen LogP contribution is 2.16. The second kappa shape index (κ2) is 4.90.